The van der Waals surface area contributed by atoms with Gasteiger partial charge in [-0.15, -0.1) is 0 Å². The summed E-state index contributed by atoms with van der Waals surface area (Å²) >= 11 is 1.22. The zero-order chi connectivity index (χ0) is 26.6. The fourth-order valence-electron chi connectivity index (χ4n) is 3.57. The van der Waals surface area contributed by atoms with Crippen molar-refractivity contribution in [3.63, 3.8) is 0 Å². The van der Waals surface area contributed by atoms with E-state index in [0.29, 0.717) is 22.4 Å². The van der Waals surface area contributed by atoms with Crippen LogP contribution in [-0.4, -0.2) is 34.9 Å². The largest absolute Gasteiger partial charge is 0.497 e. The van der Waals surface area contributed by atoms with Crippen molar-refractivity contribution in [3.05, 3.63) is 117 Å². The highest BCUT2D eigenvalue weighted by Gasteiger charge is 2.22. The van der Waals surface area contributed by atoms with Gasteiger partial charge >= 0.3 is 5.88 Å². The summed E-state index contributed by atoms with van der Waals surface area (Å²) in [7, 11) is 1.55. The molecule has 5 rings (SSSR count). The van der Waals surface area contributed by atoms with Gasteiger partial charge in [-0.3, -0.25) is 19.7 Å². The predicted octanol–water partition coefficient (Wildman–Crippen LogP) is 5.72. The fourth-order valence-corrected chi connectivity index (χ4v) is 4.52. The number of ether oxygens (including phenoxy) is 1. The van der Waals surface area contributed by atoms with E-state index in [-0.39, 0.29) is 22.2 Å². The van der Waals surface area contributed by atoms with Crippen molar-refractivity contribution in [1.29, 1.82) is 0 Å². The highest BCUT2D eigenvalue weighted by atomic mass is 32.1. The third-order valence-corrected chi connectivity index (χ3v) is 6.47. The Morgan fingerprint density at radius 3 is 2.39 bits per heavy atom. The second-order valence-corrected chi connectivity index (χ2v) is 8.91. The fraction of sp³-hybridized carbons (Fsp3) is 0.0370. The zero-order valence-corrected chi connectivity index (χ0v) is 20.6. The monoisotopic (exact) mass is 526 g/mol. The van der Waals surface area contributed by atoms with Crippen molar-refractivity contribution in [1.82, 2.24) is 4.98 Å². The number of hydrazone groups is 1. The van der Waals surface area contributed by atoms with Crippen molar-refractivity contribution in [2.75, 3.05) is 12.1 Å². The number of fused-ring (bicyclic) bond motifs is 1. The number of ketones is 1. The van der Waals surface area contributed by atoms with Gasteiger partial charge in [0.15, 0.2) is 11.5 Å². The first-order valence-electron chi connectivity index (χ1n) is 11.2. The van der Waals surface area contributed by atoms with Crippen LogP contribution >= 0.6 is 11.3 Å². The summed E-state index contributed by atoms with van der Waals surface area (Å²) in [6.07, 6.45) is 1.20. The van der Waals surface area contributed by atoms with E-state index >= 15 is 0 Å². The lowest BCUT2D eigenvalue weighted by molar-refractivity contribution is -0.402. The summed E-state index contributed by atoms with van der Waals surface area (Å²) in [5.41, 5.74) is 1.86. The van der Waals surface area contributed by atoms with E-state index < -0.39 is 16.7 Å². The van der Waals surface area contributed by atoms with Crippen LogP contribution in [0.3, 0.4) is 0 Å². The third kappa shape index (κ3) is 5.04. The average Bonchev–Trinajstić information content (AvgIpc) is 3.60. The summed E-state index contributed by atoms with van der Waals surface area (Å²) in [5.74, 6) is -0.419. The van der Waals surface area contributed by atoms with Crippen molar-refractivity contribution in [2.45, 2.75) is 0 Å². The molecule has 0 N–H and O–H groups in total. The lowest BCUT2D eigenvalue weighted by atomic mass is 10.0. The van der Waals surface area contributed by atoms with Gasteiger partial charge in [-0.1, -0.05) is 53.8 Å². The van der Waals surface area contributed by atoms with Gasteiger partial charge in [0.2, 0.25) is 5.13 Å². The van der Waals surface area contributed by atoms with Crippen LogP contribution < -0.4 is 9.75 Å². The van der Waals surface area contributed by atoms with Gasteiger partial charge in [0.1, 0.15) is 10.7 Å². The second-order valence-electron chi connectivity index (χ2n) is 7.90. The minimum absolute atomic E-state index is 0.0843. The highest BCUT2D eigenvalue weighted by Crippen LogP contribution is 2.32. The first-order valence-corrected chi connectivity index (χ1v) is 12.0. The van der Waals surface area contributed by atoms with Crippen molar-refractivity contribution >= 4 is 50.5 Å². The van der Waals surface area contributed by atoms with Gasteiger partial charge in [0.05, 0.1) is 29.6 Å². The van der Waals surface area contributed by atoms with E-state index in [0.717, 1.165) is 9.71 Å². The molecule has 0 radical (unpaired) electrons. The molecular formula is C27H18N4O6S. The molecule has 188 valence electrons. The number of rotatable bonds is 8. The summed E-state index contributed by atoms with van der Waals surface area (Å²) < 4.78 is 11.2. The van der Waals surface area contributed by atoms with E-state index in [1.165, 1.54) is 41.8 Å². The Labute approximate surface area is 219 Å². The van der Waals surface area contributed by atoms with E-state index in [9.17, 15) is 19.7 Å². The Kier molecular flexibility index (Phi) is 6.74. The zero-order valence-electron chi connectivity index (χ0n) is 19.8. The molecule has 0 aliphatic carbocycles. The molecule has 0 atom stereocenters. The molecule has 0 saturated carbocycles. The molecule has 3 aromatic carbocycles. The molecule has 0 aliphatic rings. The number of nitro groups is 1. The molecule has 5 aromatic rings. The number of methoxy groups -OCH3 is 1. The van der Waals surface area contributed by atoms with E-state index in [1.807, 2.05) is 6.07 Å². The summed E-state index contributed by atoms with van der Waals surface area (Å²) in [4.78, 5) is 41.1. The number of anilines is 1. The number of amides is 1. The Balaban J connectivity index is 1.48. The van der Waals surface area contributed by atoms with Crippen molar-refractivity contribution < 1.29 is 23.7 Å². The average molecular weight is 527 g/mol. The highest BCUT2D eigenvalue weighted by molar-refractivity contribution is 7.22. The number of furan rings is 1. The second kappa shape index (κ2) is 10.4. The van der Waals surface area contributed by atoms with Crippen molar-refractivity contribution in [3.8, 4) is 5.75 Å². The number of hydrogen-bond donors (Lipinski definition) is 0. The number of hydrogen-bond acceptors (Lipinski definition) is 9. The molecule has 0 unspecified atom stereocenters. The number of benzene rings is 3. The molecule has 11 heteroatoms. The Morgan fingerprint density at radius 2 is 1.71 bits per heavy atom. The third-order valence-electron chi connectivity index (χ3n) is 5.48. The molecule has 2 aromatic heterocycles. The molecule has 1 amide bonds. The molecule has 0 saturated heterocycles. The minimum atomic E-state index is -0.667. The van der Waals surface area contributed by atoms with Gasteiger partial charge in [0.25, 0.3) is 5.91 Å². The van der Waals surface area contributed by atoms with Gasteiger partial charge < -0.3 is 9.15 Å². The maximum Gasteiger partial charge on any atom is 0.433 e. The van der Waals surface area contributed by atoms with Crippen LogP contribution in [0.5, 0.6) is 5.75 Å². The molecule has 10 nitrogen and oxygen atoms in total. The smallest absolute Gasteiger partial charge is 0.433 e. The molecule has 0 spiro atoms. The first-order chi connectivity index (χ1) is 18.4. The first kappa shape index (κ1) is 24.5. The van der Waals surface area contributed by atoms with Gasteiger partial charge in [0, 0.05) is 16.7 Å². The molecule has 0 bridgehead atoms. The topological polar surface area (TPSA) is 128 Å². The van der Waals surface area contributed by atoms with Crippen molar-refractivity contribution in [2.24, 2.45) is 5.10 Å². The summed E-state index contributed by atoms with van der Waals surface area (Å²) in [6, 6.07) is 22.9. The number of aromatic nitrogens is 1. The SMILES string of the molecule is COc1ccc2nc(N(/N=C/c3ccc([N+](=O)[O-])o3)C(=O)c3ccc(C(=O)c4ccccc4)cc3)sc2c1. The number of carbonyl (C=O) groups is 2. The van der Waals surface area contributed by atoms with E-state index in [2.05, 4.69) is 10.1 Å². The summed E-state index contributed by atoms with van der Waals surface area (Å²) in [5, 5.41) is 16.5. The molecule has 0 fully saturated rings. The van der Waals surface area contributed by atoms with E-state index in [1.54, 1.807) is 61.7 Å². The maximum atomic E-state index is 13.6. The number of carbonyl (C=O) groups excluding carboxylic acids is 2. The molecule has 0 aliphatic heterocycles. The normalized spacial score (nSPS) is 11.1. The minimum Gasteiger partial charge on any atom is -0.497 e. The maximum absolute atomic E-state index is 13.6. The quantitative estimate of drug-likeness (QED) is 0.109. The molecule has 38 heavy (non-hydrogen) atoms. The Morgan fingerprint density at radius 1 is 1.00 bits per heavy atom. The Hall–Kier alpha value is -5.16. The van der Waals surface area contributed by atoms with Gasteiger partial charge in [-0.2, -0.15) is 10.1 Å². The summed E-state index contributed by atoms with van der Waals surface area (Å²) in [6.45, 7) is 0. The number of thiazole rings is 1. The van der Waals surface area contributed by atoms with Crippen LogP contribution in [0, 0.1) is 10.1 Å². The van der Waals surface area contributed by atoms with Gasteiger partial charge in [-0.25, -0.2) is 4.98 Å². The molecular weight excluding hydrogens is 508 g/mol. The van der Waals surface area contributed by atoms with E-state index in [4.69, 9.17) is 9.15 Å². The Bertz CT molecular complexity index is 1680. The van der Waals surface area contributed by atoms with Crippen LogP contribution in [0.25, 0.3) is 10.2 Å². The standard InChI is InChI=1S/C27H18N4O6S/c1-36-20-11-13-22-23(15-20)38-27(29-22)30(28-16-21-12-14-24(37-21)31(34)35)26(33)19-9-7-18(8-10-19)25(32)17-5-3-2-4-6-17/h2-16H,1H3/b28-16+. The van der Waals surface area contributed by atoms with Crippen LogP contribution in [0.1, 0.15) is 32.0 Å². The molecule has 2 heterocycles. The predicted molar refractivity (Wildman–Crippen MR) is 142 cm³/mol. The number of nitrogens with zero attached hydrogens (tertiary/aromatic N) is 4. The van der Waals surface area contributed by atoms with Crippen LogP contribution in [0.4, 0.5) is 11.0 Å². The lowest BCUT2D eigenvalue weighted by Crippen LogP contribution is -2.25. The van der Waals surface area contributed by atoms with Crippen LogP contribution in [0.15, 0.2) is 94.4 Å². The van der Waals surface area contributed by atoms with Gasteiger partial charge in [-0.05, 0) is 36.4 Å². The lowest BCUT2D eigenvalue weighted by Gasteiger charge is -2.14. The van der Waals surface area contributed by atoms with Crippen LogP contribution in [-0.2, 0) is 0 Å². The van der Waals surface area contributed by atoms with Crippen LogP contribution in [0.2, 0.25) is 0 Å².